The van der Waals surface area contributed by atoms with Gasteiger partial charge in [0, 0.05) is 23.9 Å². The summed E-state index contributed by atoms with van der Waals surface area (Å²) in [6.45, 7) is 0. The van der Waals surface area contributed by atoms with Crippen LogP contribution in [0.25, 0.3) is 55.7 Å². The maximum absolute atomic E-state index is 9.65. The molecule has 0 aromatic heterocycles. The number of fused-ring (bicyclic) bond motifs is 3. The molecule has 0 N–H and O–H groups in total. The lowest BCUT2D eigenvalue weighted by Crippen LogP contribution is -2.14. The number of rotatable bonds is 4. The van der Waals surface area contributed by atoms with Gasteiger partial charge in [-0.2, -0.15) is 21.0 Å². The van der Waals surface area contributed by atoms with Crippen LogP contribution < -0.4 is 20.9 Å². The van der Waals surface area contributed by atoms with Crippen LogP contribution in [0.4, 0.5) is 0 Å². The van der Waals surface area contributed by atoms with Crippen LogP contribution >= 0.6 is 47.8 Å². The highest BCUT2D eigenvalue weighted by Crippen LogP contribution is 2.46. The van der Waals surface area contributed by atoms with Gasteiger partial charge >= 0.3 is 0 Å². The zero-order chi connectivity index (χ0) is 39.6. The summed E-state index contributed by atoms with van der Waals surface area (Å²) in [6, 6.07) is 59.3. The van der Waals surface area contributed by atoms with Gasteiger partial charge in [0.2, 0.25) is 0 Å². The van der Waals surface area contributed by atoms with Crippen molar-refractivity contribution in [3.63, 3.8) is 0 Å². The molecular weight excluding hydrogens is 896 g/mol. The molecule has 0 atom stereocenters. The Balaban J connectivity index is 1.53. The Kier molecular flexibility index (Phi) is 10.4. The van der Waals surface area contributed by atoms with Gasteiger partial charge in [0.15, 0.2) is 0 Å². The topological polar surface area (TPSA) is 95.2 Å². The number of halogens is 3. The molecular formula is C50H25Br3N4. The van der Waals surface area contributed by atoms with Crippen molar-refractivity contribution < 1.29 is 0 Å². The maximum atomic E-state index is 9.65. The van der Waals surface area contributed by atoms with Gasteiger partial charge in [-0.3, -0.25) is 0 Å². The van der Waals surface area contributed by atoms with Crippen molar-refractivity contribution in [2.24, 2.45) is 0 Å². The first-order chi connectivity index (χ1) is 27.8. The molecule has 266 valence electrons. The Hall–Kier alpha value is -6.58. The third-order valence-electron chi connectivity index (χ3n) is 10.2. The Morgan fingerprint density at radius 3 is 0.965 bits per heavy atom. The summed E-state index contributed by atoms with van der Waals surface area (Å²) in [4.78, 5) is 0. The molecule has 2 aromatic carbocycles. The van der Waals surface area contributed by atoms with Crippen LogP contribution in [0.15, 0.2) is 165 Å². The summed E-state index contributed by atoms with van der Waals surface area (Å²) in [7, 11) is 0. The summed E-state index contributed by atoms with van der Waals surface area (Å²) >= 11 is 11.1. The molecule has 0 saturated carbocycles. The lowest BCUT2D eigenvalue weighted by Gasteiger charge is -2.11. The Bertz CT molecular complexity index is 2990. The normalized spacial score (nSPS) is 10.6. The SMILES string of the molecule is N#CC(C#N)=c1ccc(=C(c2ccc3ccc(Br)ccc2-3)c2cc(C(c3ccc4ccc(Br)ccc3-4)=c3ccc(=C(C#N)C#N)cc3)c3ccc(Br)ccc2-3)cc1. The van der Waals surface area contributed by atoms with Crippen LogP contribution in [0.1, 0.15) is 22.3 Å². The van der Waals surface area contributed by atoms with Crippen LogP contribution in [0.3, 0.4) is 0 Å². The van der Waals surface area contributed by atoms with Crippen molar-refractivity contribution >= 4 is 70.1 Å². The van der Waals surface area contributed by atoms with Crippen molar-refractivity contribution in [2.45, 2.75) is 0 Å². The quantitative estimate of drug-likeness (QED) is 0.176. The van der Waals surface area contributed by atoms with Crippen molar-refractivity contribution in [3.8, 4) is 57.7 Å². The molecule has 0 saturated heterocycles. The molecule has 0 aliphatic heterocycles. The molecule has 0 bridgehead atoms. The van der Waals surface area contributed by atoms with Gasteiger partial charge < -0.3 is 0 Å². The molecule has 7 heteroatoms. The molecule has 0 heterocycles. The van der Waals surface area contributed by atoms with Gasteiger partial charge in [-0.15, -0.1) is 0 Å². The fourth-order valence-electron chi connectivity index (χ4n) is 7.46. The van der Waals surface area contributed by atoms with E-state index in [4.69, 9.17) is 0 Å². The minimum absolute atomic E-state index is 0.0542. The van der Waals surface area contributed by atoms with E-state index in [0.29, 0.717) is 10.4 Å². The van der Waals surface area contributed by atoms with E-state index in [-0.39, 0.29) is 11.1 Å². The van der Waals surface area contributed by atoms with E-state index in [1.807, 2.05) is 84.9 Å². The highest BCUT2D eigenvalue weighted by molar-refractivity contribution is 9.11. The highest BCUT2D eigenvalue weighted by atomic mass is 79.9. The van der Waals surface area contributed by atoms with Crippen LogP contribution in [-0.4, -0.2) is 0 Å². The van der Waals surface area contributed by atoms with Gasteiger partial charge in [0.1, 0.15) is 35.4 Å². The number of hydrogen-bond donors (Lipinski definition) is 0. The van der Waals surface area contributed by atoms with Gasteiger partial charge in [-0.05, 0) is 120 Å². The molecule has 0 radical (unpaired) electrons. The molecule has 6 aliphatic rings. The largest absolute Gasteiger partial charge is 0.192 e. The zero-order valence-electron chi connectivity index (χ0n) is 29.9. The van der Waals surface area contributed by atoms with E-state index in [1.165, 1.54) is 0 Å². The predicted molar refractivity (Wildman–Crippen MR) is 236 cm³/mol. The van der Waals surface area contributed by atoms with Gasteiger partial charge in [-0.25, -0.2) is 0 Å². The molecule has 6 aliphatic carbocycles. The average molecular weight is 921 g/mol. The molecule has 0 spiro atoms. The van der Waals surface area contributed by atoms with Crippen LogP contribution in [-0.2, 0) is 0 Å². The summed E-state index contributed by atoms with van der Waals surface area (Å²) in [5.74, 6) is 0. The number of nitriles is 4. The van der Waals surface area contributed by atoms with Crippen molar-refractivity contribution in [1.82, 2.24) is 0 Å². The number of nitrogens with zero attached hydrogens (tertiary/aromatic N) is 4. The van der Waals surface area contributed by atoms with Crippen LogP contribution in [0.5, 0.6) is 0 Å². The minimum Gasteiger partial charge on any atom is -0.192 e. The van der Waals surface area contributed by atoms with E-state index in [2.05, 4.69) is 139 Å². The maximum Gasteiger partial charge on any atom is 0.136 e. The Morgan fingerprint density at radius 1 is 0.316 bits per heavy atom. The van der Waals surface area contributed by atoms with Crippen molar-refractivity contribution in [1.29, 1.82) is 21.0 Å². The molecule has 8 rings (SSSR count). The first-order valence-corrected chi connectivity index (χ1v) is 20.1. The molecule has 4 nitrogen and oxygen atoms in total. The minimum atomic E-state index is 0.0542. The number of hydrogen-bond acceptors (Lipinski definition) is 4. The fourth-order valence-corrected chi connectivity index (χ4v) is 8.26. The van der Waals surface area contributed by atoms with Crippen molar-refractivity contribution in [3.05, 3.63) is 208 Å². The summed E-state index contributed by atoms with van der Waals surface area (Å²) in [5, 5.41) is 41.6. The summed E-state index contributed by atoms with van der Waals surface area (Å²) < 4.78 is 2.85. The highest BCUT2D eigenvalue weighted by Gasteiger charge is 2.26. The Morgan fingerprint density at radius 2 is 0.614 bits per heavy atom. The van der Waals surface area contributed by atoms with Gasteiger partial charge in [-0.1, -0.05) is 157 Å². The van der Waals surface area contributed by atoms with E-state index in [9.17, 15) is 21.0 Å². The lowest BCUT2D eigenvalue weighted by molar-refractivity contribution is 1.46. The fraction of sp³-hybridized carbons (Fsp3) is 0. The van der Waals surface area contributed by atoms with E-state index in [1.54, 1.807) is 0 Å². The number of benzene rings is 2. The van der Waals surface area contributed by atoms with E-state index in [0.717, 1.165) is 90.6 Å². The first-order valence-electron chi connectivity index (χ1n) is 17.7. The third kappa shape index (κ3) is 7.06. The van der Waals surface area contributed by atoms with Gasteiger partial charge in [0.05, 0.1) is 0 Å². The van der Waals surface area contributed by atoms with E-state index < -0.39 is 0 Å². The molecule has 57 heavy (non-hydrogen) atoms. The molecule has 0 fully saturated rings. The third-order valence-corrected chi connectivity index (χ3v) is 11.7. The Labute approximate surface area is 354 Å². The van der Waals surface area contributed by atoms with Crippen LogP contribution in [0, 0.1) is 45.3 Å². The van der Waals surface area contributed by atoms with Gasteiger partial charge in [0.25, 0.3) is 0 Å². The van der Waals surface area contributed by atoms with E-state index >= 15 is 0 Å². The second kappa shape index (κ2) is 15.9. The molecule has 0 unspecified atom stereocenters. The molecule has 0 amide bonds. The smallest absolute Gasteiger partial charge is 0.136 e. The average Bonchev–Trinajstić information content (AvgIpc) is 3.79. The second-order valence-electron chi connectivity index (χ2n) is 13.3. The predicted octanol–water partition coefficient (Wildman–Crippen LogP) is 10.2. The zero-order valence-corrected chi connectivity index (χ0v) is 34.6. The summed E-state index contributed by atoms with van der Waals surface area (Å²) in [5.41, 5.74) is 12.5. The second-order valence-corrected chi connectivity index (χ2v) is 16.0. The van der Waals surface area contributed by atoms with Crippen LogP contribution in [0.2, 0.25) is 0 Å². The van der Waals surface area contributed by atoms with Crippen molar-refractivity contribution in [2.75, 3.05) is 0 Å². The molecule has 2 aromatic rings. The first kappa shape index (κ1) is 37.3. The standard InChI is InChI=1S/C50H25Br3N4/c51-38-13-9-32-11-19-45(41(32)21-15-38)49(34-5-1-30(2-6-34)36(26-54)27-55)47-25-48(44-24-18-40(53)17-23-43(44)47)50(35-7-3-31(4-8-35)37(28-56)29-57)46-20-12-33-10-14-39(52)16-22-42(33)46/h1-25H. The monoisotopic (exact) mass is 918 g/mol. The summed E-state index contributed by atoms with van der Waals surface area (Å²) in [6.07, 6.45) is 0. The lowest BCUT2D eigenvalue weighted by atomic mass is 9.92.